The van der Waals surface area contributed by atoms with Crippen molar-refractivity contribution in [3.8, 4) is 0 Å². The molecule has 0 radical (unpaired) electrons. The Morgan fingerprint density at radius 1 is 0.636 bits per heavy atom. The predicted octanol–water partition coefficient (Wildman–Crippen LogP) is 5.38. The van der Waals surface area contributed by atoms with Gasteiger partial charge in [0.15, 0.2) is 0 Å². The van der Waals surface area contributed by atoms with E-state index in [1.165, 1.54) is 22.4 Å². The van der Waals surface area contributed by atoms with Crippen molar-refractivity contribution in [1.82, 2.24) is 0 Å². The monoisotopic (exact) mass is 285 g/mol. The Morgan fingerprint density at radius 2 is 1.23 bits per heavy atom. The molecule has 1 aliphatic heterocycles. The molecular formula is C21H19N. The van der Waals surface area contributed by atoms with Gasteiger partial charge in [-0.2, -0.15) is 0 Å². The van der Waals surface area contributed by atoms with Crippen LogP contribution in [0.15, 0.2) is 84.9 Å². The number of anilines is 1. The summed E-state index contributed by atoms with van der Waals surface area (Å²) in [4.78, 5) is 0. The van der Waals surface area contributed by atoms with Gasteiger partial charge >= 0.3 is 0 Å². The second-order valence-electron chi connectivity index (χ2n) is 5.89. The Labute approximate surface area is 131 Å². The van der Waals surface area contributed by atoms with E-state index in [0.29, 0.717) is 12.0 Å². The zero-order valence-corrected chi connectivity index (χ0v) is 12.4. The molecule has 4 rings (SSSR count). The van der Waals surface area contributed by atoms with Crippen molar-refractivity contribution in [2.45, 2.75) is 18.4 Å². The van der Waals surface area contributed by atoms with Crippen LogP contribution in [-0.2, 0) is 0 Å². The lowest BCUT2D eigenvalue weighted by Crippen LogP contribution is -2.22. The number of fused-ring (bicyclic) bond motifs is 1. The fourth-order valence-electron chi connectivity index (χ4n) is 3.45. The maximum absolute atomic E-state index is 3.71. The third-order valence-electron chi connectivity index (χ3n) is 4.54. The number of para-hydroxylation sites is 1. The smallest absolute Gasteiger partial charge is 0.0523 e. The summed E-state index contributed by atoms with van der Waals surface area (Å²) in [5, 5.41) is 3.71. The molecule has 1 nitrogen and oxygen atoms in total. The van der Waals surface area contributed by atoms with Gasteiger partial charge in [-0.3, -0.25) is 0 Å². The van der Waals surface area contributed by atoms with Crippen LogP contribution in [0, 0.1) is 0 Å². The molecule has 108 valence electrons. The Hall–Kier alpha value is -2.54. The van der Waals surface area contributed by atoms with Crippen molar-refractivity contribution in [1.29, 1.82) is 0 Å². The van der Waals surface area contributed by atoms with E-state index < -0.39 is 0 Å². The average molecular weight is 285 g/mol. The van der Waals surface area contributed by atoms with Gasteiger partial charge in [0, 0.05) is 11.6 Å². The van der Waals surface area contributed by atoms with Gasteiger partial charge in [-0.1, -0.05) is 78.9 Å². The van der Waals surface area contributed by atoms with E-state index in [1.807, 2.05) is 0 Å². The molecule has 1 aliphatic rings. The van der Waals surface area contributed by atoms with E-state index in [9.17, 15) is 0 Å². The maximum atomic E-state index is 3.71. The van der Waals surface area contributed by atoms with Crippen LogP contribution < -0.4 is 5.32 Å². The lowest BCUT2D eigenvalue weighted by atomic mass is 9.80. The summed E-state index contributed by atoms with van der Waals surface area (Å²) in [6.07, 6.45) is 1.09. The molecule has 22 heavy (non-hydrogen) atoms. The molecule has 0 amide bonds. The van der Waals surface area contributed by atoms with Crippen molar-refractivity contribution in [2.24, 2.45) is 0 Å². The minimum atomic E-state index is 0.362. The van der Waals surface area contributed by atoms with Crippen molar-refractivity contribution < 1.29 is 0 Å². The van der Waals surface area contributed by atoms with E-state index >= 15 is 0 Å². The highest BCUT2D eigenvalue weighted by Gasteiger charge is 2.27. The van der Waals surface area contributed by atoms with E-state index in [-0.39, 0.29) is 0 Å². The molecule has 0 bridgehead atoms. The summed E-state index contributed by atoms with van der Waals surface area (Å²) in [6, 6.07) is 30.7. The highest BCUT2D eigenvalue weighted by molar-refractivity contribution is 5.59. The van der Waals surface area contributed by atoms with Crippen LogP contribution in [0.3, 0.4) is 0 Å². The van der Waals surface area contributed by atoms with Crippen molar-refractivity contribution in [3.63, 3.8) is 0 Å². The van der Waals surface area contributed by atoms with E-state index in [1.54, 1.807) is 0 Å². The van der Waals surface area contributed by atoms with Crippen LogP contribution in [0.25, 0.3) is 0 Å². The minimum Gasteiger partial charge on any atom is -0.378 e. The van der Waals surface area contributed by atoms with Gasteiger partial charge in [-0.25, -0.2) is 0 Å². The summed E-state index contributed by atoms with van der Waals surface area (Å²) in [5.41, 5.74) is 5.42. The summed E-state index contributed by atoms with van der Waals surface area (Å²) >= 11 is 0. The van der Waals surface area contributed by atoms with Crippen LogP contribution in [0.5, 0.6) is 0 Å². The zero-order chi connectivity index (χ0) is 14.8. The Kier molecular flexibility index (Phi) is 3.40. The van der Waals surface area contributed by atoms with Crippen molar-refractivity contribution >= 4 is 5.69 Å². The molecule has 2 atom stereocenters. The molecule has 1 heterocycles. The fourth-order valence-corrected chi connectivity index (χ4v) is 3.45. The first-order valence-corrected chi connectivity index (χ1v) is 7.87. The summed E-state index contributed by atoms with van der Waals surface area (Å²) in [6.45, 7) is 0. The normalized spacial score (nSPS) is 20.0. The minimum absolute atomic E-state index is 0.362. The first-order valence-electron chi connectivity index (χ1n) is 7.87. The Balaban J connectivity index is 1.77. The third-order valence-corrected chi connectivity index (χ3v) is 4.54. The molecule has 3 aromatic rings. The molecule has 0 aromatic heterocycles. The van der Waals surface area contributed by atoms with Crippen molar-refractivity contribution in [3.05, 3.63) is 102 Å². The average Bonchev–Trinajstić information content (AvgIpc) is 2.62. The molecule has 1 N–H and O–H groups in total. The first-order chi connectivity index (χ1) is 10.9. The fraction of sp³-hybridized carbons (Fsp3) is 0.143. The molecule has 3 aromatic carbocycles. The van der Waals surface area contributed by atoms with Gasteiger partial charge in [0.05, 0.1) is 6.04 Å². The molecule has 0 saturated heterocycles. The lowest BCUT2D eigenvalue weighted by molar-refractivity contribution is 0.603. The topological polar surface area (TPSA) is 12.0 Å². The SMILES string of the molecule is c1ccc([C@H]2C[C@@H](c3ccccc3)Nc3ccccc32)cc1. The van der Waals surface area contributed by atoms with Gasteiger partial charge in [0.1, 0.15) is 0 Å². The number of rotatable bonds is 2. The highest BCUT2D eigenvalue weighted by atomic mass is 14.9. The van der Waals surface area contributed by atoms with Gasteiger partial charge in [-0.15, -0.1) is 0 Å². The summed E-state index contributed by atoms with van der Waals surface area (Å²) in [5.74, 6) is 0.448. The lowest BCUT2D eigenvalue weighted by Gasteiger charge is -2.34. The quantitative estimate of drug-likeness (QED) is 0.667. The second kappa shape index (κ2) is 5.69. The van der Waals surface area contributed by atoms with E-state index in [4.69, 9.17) is 0 Å². The molecule has 0 saturated carbocycles. The third kappa shape index (κ3) is 2.39. The zero-order valence-electron chi connectivity index (χ0n) is 12.4. The standard InChI is InChI=1S/C21H19N/c1-3-9-16(10-4-1)19-15-21(17-11-5-2-6-12-17)22-20-14-8-7-13-18(19)20/h1-14,19,21-22H,15H2/t19-,21+/m1/s1. The Bertz CT molecular complexity index is 749. The van der Waals surface area contributed by atoms with Crippen LogP contribution in [-0.4, -0.2) is 0 Å². The van der Waals surface area contributed by atoms with E-state index in [2.05, 4.69) is 90.2 Å². The molecule has 0 fully saturated rings. The van der Waals surface area contributed by atoms with Gasteiger partial charge in [-0.05, 0) is 29.2 Å². The second-order valence-corrected chi connectivity index (χ2v) is 5.89. The predicted molar refractivity (Wildman–Crippen MR) is 92.1 cm³/mol. The number of benzene rings is 3. The highest BCUT2D eigenvalue weighted by Crippen LogP contribution is 2.43. The number of hydrogen-bond donors (Lipinski definition) is 1. The summed E-state index contributed by atoms with van der Waals surface area (Å²) in [7, 11) is 0. The first kappa shape index (κ1) is 13.1. The van der Waals surface area contributed by atoms with Crippen LogP contribution in [0.2, 0.25) is 0 Å². The number of hydrogen-bond acceptors (Lipinski definition) is 1. The maximum Gasteiger partial charge on any atom is 0.0523 e. The Morgan fingerprint density at radius 3 is 1.95 bits per heavy atom. The van der Waals surface area contributed by atoms with Gasteiger partial charge < -0.3 is 5.32 Å². The molecule has 0 spiro atoms. The van der Waals surface area contributed by atoms with E-state index in [0.717, 1.165) is 6.42 Å². The van der Waals surface area contributed by atoms with Crippen LogP contribution in [0.1, 0.15) is 35.1 Å². The van der Waals surface area contributed by atoms with Crippen LogP contribution >= 0.6 is 0 Å². The molecule has 0 aliphatic carbocycles. The largest absolute Gasteiger partial charge is 0.378 e. The summed E-state index contributed by atoms with van der Waals surface area (Å²) < 4.78 is 0. The molecular weight excluding hydrogens is 266 g/mol. The molecule has 0 unspecified atom stereocenters. The van der Waals surface area contributed by atoms with Crippen molar-refractivity contribution in [2.75, 3.05) is 5.32 Å². The number of nitrogens with one attached hydrogen (secondary N) is 1. The van der Waals surface area contributed by atoms with Gasteiger partial charge in [0.25, 0.3) is 0 Å². The van der Waals surface area contributed by atoms with Gasteiger partial charge in [0.2, 0.25) is 0 Å². The van der Waals surface area contributed by atoms with Crippen LogP contribution in [0.4, 0.5) is 5.69 Å². The molecule has 1 heteroatoms.